The first kappa shape index (κ1) is 17.3. The molecule has 122 valence electrons. The molecule has 4 nitrogen and oxygen atoms in total. The number of ether oxygens (including phenoxy) is 1. The van der Waals surface area contributed by atoms with Gasteiger partial charge in [0.25, 0.3) is 0 Å². The minimum atomic E-state index is -0.463. The third-order valence-corrected chi connectivity index (χ3v) is 3.60. The number of carbonyl (C=O) groups excluding carboxylic acids is 1. The van der Waals surface area contributed by atoms with Crippen molar-refractivity contribution < 1.29 is 9.53 Å². The van der Waals surface area contributed by atoms with Crippen LogP contribution in [0.5, 0.6) is 0 Å². The van der Waals surface area contributed by atoms with Crippen LogP contribution in [0.3, 0.4) is 0 Å². The van der Waals surface area contributed by atoms with Crippen molar-refractivity contribution in [1.82, 2.24) is 4.90 Å². The topological polar surface area (TPSA) is 41.6 Å². The lowest BCUT2D eigenvalue weighted by Gasteiger charge is -2.20. The second-order valence-electron chi connectivity index (χ2n) is 5.53. The number of nitrogens with one attached hydrogen (secondary N) is 1. The number of benzene rings is 2. The summed E-state index contributed by atoms with van der Waals surface area (Å²) in [6, 6.07) is 16.6. The van der Waals surface area contributed by atoms with E-state index in [1.165, 1.54) is 0 Å². The van der Waals surface area contributed by atoms with Gasteiger partial charge >= 0.3 is 6.09 Å². The summed E-state index contributed by atoms with van der Waals surface area (Å²) in [5.41, 5.74) is 1.64. The van der Waals surface area contributed by atoms with Crippen LogP contribution >= 0.6 is 11.6 Å². The summed E-state index contributed by atoms with van der Waals surface area (Å²) in [5, 5.41) is 3.40. The molecule has 0 saturated carbocycles. The predicted octanol–water partition coefficient (Wildman–Crippen LogP) is 4.58. The first-order valence-electron chi connectivity index (χ1n) is 7.47. The Hall–Kier alpha value is -2.04. The van der Waals surface area contributed by atoms with Gasteiger partial charge in [-0.05, 0) is 43.9 Å². The maximum atomic E-state index is 12.1. The van der Waals surface area contributed by atoms with E-state index in [-0.39, 0.29) is 6.10 Å². The molecular weight excluding hydrogens is 312 g/mol. The molecule has 0 aromatic heterocycles. The lowest BCUT2D eigenvalue weighted by Crippen LogP contribution is -2.21. The van der Waals surface area contributed by atoms with E-state index in [0.717, 1.165) is 12.1 Å². The second kappa shape index (κ2) is 8.56. The summed E-state index contributed by atoms with van der Waals surface area (Å²) < 4.78 is 5.61. The van der Waals surface area contributed by atoms with Crippen molar-refractivity contribution in [2.45, 2.75) is 12.5 Å². The molecule has 0 aliphatic heterocycles. The summed E-state index contributed by atoms with van der Waals surface area (Å²) in [4.78, 5) is 14.2. The fourth-order valence-electron chi connectivity index (χ4n) is 2.14. The molecule has 2 aromatic rings. The highest BCUT2D eigenvalue weighted by Crippen LogP contribution is 2.24. The molecule has 1 amide bonds. The van der Waals surface area contributed by atoms with Gasteiger partial charge in [0.15, 0.2) is 0 Å². The zero-order valence-electron chi connectivity index (χ0n) is 13.3. The first-order chi connectivity index (χ1) is 11.0. The van der Waals surface area contributed by atoms with Crippen molar-refractivity contribution in [2.75, 3.05) is 26.0 Å². The van der Waals surface area contributed by atoms with Crippen LogP contribution in [-0.4, -0.2) is 31.6 Å². The molecule has 1 atom stereocenters. The van der Waals surface area contributed by atoms with Crippen molar-refractivity contribution in [3.8, 4) is 0 Å². The Morgan fingerprint density at radius 1 is 1.13 bits per heavy atom. The largest absolute Gasteiger partial charge is 0.441 e. The lowest BCUT2D eigenvalue weighted by molar-refractivity contribution is 0.1000. The van der Waals surface area contributed by atoms with Gasteiger partial charge in [-0.1, -0.05) is 41.9 Å². The van der Waals surface area contributed by atoms with E-state index in [1.54, 1.807) is 12.1 Å². The Kier molecular flexibility index (Phi) is 6.44. The fraction of sp³-hybridized carbons (Fsp3) is 0.278. The van der Waals surface area contributed by atoms with Gasteiger partial charge in [-0.3, -0.25) is 5.32 Å². The molecule has 1 N–H and O–H groups in total. The number of nitrogens with zero attached hydrogens (tertiary/aromatic N) is 1. The van der Waals surface area contributed by atoms with Gasteiger partial charge in [0, 0.05) is 23.7 Å². The van der Waals surface area contributed by atoms with E-state index in [2.05, 4.69) is 10.2 Å². The number of amides is 1. The smallest absolute Gasteiger partial charge is 0.412 e. The van der Waals surface area contributed by atoms with Crippen LogP contribution in [-0.2, 0) is 4.74 Å². The second-order valence-corrected chi connectivity index (χ2v) is 5.96. The number of halogens is 1. The van der Waals surface area contributed by atoms with Gasteiger partial charge in [-0.25, -0.2) is 4.79 Å². The van der Waals surface area contributed by atoms with Crippen LogP contribution in [0, 0.1) is 0 Å². The summed E-state index contributed by atoms with van der Waals surface area (Å²) >= 11 is 5.93. The molecule has 2 aromatic carbocycles. The molecule has 0 heterocycles. The maximum absolute atomic E-state index is 12.1. The van der Waals surface area contributed by atoms with Crippen molar-refractivity contribution in [2.24, 2.45) is 0 Å². The number of anilines is 1. The molecule has 2 rings (SSSR count). The minimum absolute atomic E-state index is 0.321. The van der Waals surface area contributed by atoms with Gasteiger partial charge in [-0.2, -0.15) is 0 Å². The number of para-hydroxylation sites is 1. The molecule has 0 radical (unpaired) electrons. The molecule has 0 spiro atoms. The van der Waals surface area contributed by atoms with Gasteiger partial charge in [0.05, 0.1) is 0 Å². The van der Waals surface area contributed by atoms with Crippen LogP contribution < -0.4 is 5.32 Å². The summed E-state index contributed by atoms with van der Waals surface area (Å²) in [5.74, 6) is 0. The molecular formula is C18H21ClN2O2. The number of rotatable bonds is 6. The van der Waals surface area contributed by atoms with Crippen molar-refractivity contribution >= 4 is 23.4 Å². The molecule has 0 saturated heterocycles. The van der Waals surface area contributed by atoms with E-state index >= 15 is 0 Å². The monoisotopic (exact) mass is 332 g/mol. The Balaban J connectivity index is 2.04. The third-order valence-electron chi connectivity index (χ3n) is 3.35. The van der Waals surface area contributed by atoms with Gasteiger partial charge < -0.3 is 9.64 Å². The van der Waals surface area contributed by atoms with Gasteiger partial charge in [-0.15, -0.1) is 0 Å². The standard InChI is InChI=1S/C18H21ClN2O2/c1-21(2)13-12-17(14-8-10-15(19)11-9-14)23-18(22)20-16-6-4-3-5-7-16/h3-11,17H,12-13H2,1-2H3,(H,20,22). The zero-order valence-corrected chi connectivity index (χ0v) is 14.1. The summed E-state index contributed by atoms with van der Waals surface area (Å²) in [6.45, 7) is 0.811. The van der Waals surface area contributed by atoms with Crippen molar-refractivity contribution in [1.29, 1.82) is 0 Å². The SMILES string of the molecule is CN(C)CCC(OC(=O)Nc1ccccc1)c1ccc(Cl)cc1. The van der Waals surface area contributed by atoms with Gasteiger partial charge in [0.2, 0.25) is 0 Å². The van der Waals surface area contributed by atoms with Crippen LogP contribution in [0.2, 0.25) is 5.02 Å². The Morgan fingerprint density at radius 3 is 2.39 bits per heavy atom. The van der Waals surface area contributed by atoms with E-state index in [0.29, 0.717) is 17.1 Å². The molecule has 5 heteroatoms. The maximum Gasteiger partial charge on any atom is 0.412 e. The summed E-state index contributed by atoms with van der Waals surface area (Å²) in [6.07, 6.45) is -0.0788. The summed E-state index contributed by atoms with van der Waals surface area (Å²) in [7, 11) is 3.98. The highest BCUT2D eigenvalue weighted by atomic mass is 35.5. The molecule has 0 fully saturated rings. The van der Waals surface area contributed by atoms with E-state index in [1.807, 2.05) is 56.6 Å². The average molecular weight is 333 g/mol. The highest BCUT2D eigenvalue weighted by molar-refractivity contribution is 6.30. The fourth-order valence-corrected chi connectivity index (χ4v) is 2.27. The first-order valence-corrected chi connectivity index (χ1v) is 7.85. The molecule has 23 heavy (non-hydrogen) atoms. The number of hydrogen-bond donors (Lipinski definition) is 1. The van der Waals surface area contributed by atoms with Crippen LogP contribution in [0.25, 0.3) is 0 Å². The van der Waals surface area contributed by atoms with Crippen molar-refractivity contribution in [3.63, 3.8) is 0 Å². The minimum Gasteiger partial charge on any atom is -0.441 e. The predicted molar refractivity (Wildman–Crippen MR) is 93.9 cm³/mol. The van der Waals surface area contributed by atoms with E-state index < -0.39 is 6.09 Å². The number of carbonyl (C=O) groups is 1. The van der Waals surface area contributed by atoms with Crippen molar-refractivity contribution in [3.05, 3.63) is 65.2 Å². The Labute approximate surface area is 142 Å². The quantitative estimate of drug-likeness (QED) is 0.841. The molecule has 0 bridgehead atoms. The van der Waals surface area contributed by atoms with Crippen LogP contribution in [0.15, 0.2) is 54.6 Å². The third kappa shape index (κ3) is 5.93. The molecule has 1 unspecified atom stereocenters. The van der Waals surface area contributed by atoms with E-state index in [9.17, 15) is 4.79 Å². The Morgan fingerprint density at radius 2 is 1.78 bits per heavy atom. The van der Waals surface area contributed by atoms with Gasteiger partial charge in [0.1, 0.15) is 6.10 Å². The van der Waals surface area contributed by atoms with E-state index in [4.69, 9.17) is 16.3 Å². The van der Waals surface area contributed by atoms with Crippen LogP contribution in [0.1, 0.15) is 18.1 Å². The van der Waals surface area contributed by atoms with Crippen LogP contribution in [0.4, 0.5) is 10.5 Å². The highest BCUT2D eigenvalue weighted by Gasteiger charge is 2.17. The Bertz CT molecular complexity index is 615. The number of hydrogen-bond acceptors (Lipinski definition) is 3. The lowest BCUT2D eigenvalue weighted by atomic mass is 10.1. The average Bonchev–Trinajstić information content (AvgIpc) is 2.53. The molecule has 0 aliphatic carbocycles. The zero-order chi connectivity index (χ0) is 16.7. The normalized spacial score (nSPS) is 12.0. The molecule has 0 aliphatic rings.